The first kappa shape index (κ1) is 23.1. The molecule has 0 unspecified atom stereocenters. The van der Waals surface area contributed by atoms with E-state index >= 15 is 0 Å². The Morgan fingerprint density at radius 2 is 1.28 bits per heavy atom. The monoisotopic (exact) mass is 322 g/mol. The molecular formula is C7H10CaN2O6S2. The summed E-state index contributed by atoms with van der Waals surface area (Å²) in [4.78, 5) is 6.04. The molecule has 0 amide bonds. The third kappa shape index (κ3) is 9.94. The predicted molar refractivity (Wildman–Crippen MR) is 66.9 cm³/mol. The first-order valence-electron chi connectivity index (χ1n) is 3.70. The fourth-order valence-electron chi connectivity index (χ4n) is 0.977. The SMILES string of the molecule is O.O.O=S(=O)([O-])[O-].S=c1[nH]c2ccccc2[nH]1.[Ca+2]. The molecule has 11 heteroatoms. The standard InChI is InChI=1S/C7H6N2S.Ca.H2O4S.2H2O/c10-7-8-5-3-1-2-4-6(5)9-7;;1-5(2,3)4;;/h1-4H,(H2,8,9,10);;(H2,1,2,3,4);2*1H2/q;+2;;;/p-2. The zero-order valence-corrected chi connectivity index (χ0v) is 12.8. The van der Waals surface area contributed by atoms with Crippen LogP contribution in [-0.4, -0.2) is 76.2 Å². The average molecular weight is 322 g/mol. The molecule has 0 fully saturated rings. The van der Waals surface area contributed by atoms with Gasteiger partial charge in [0.1, 0.15) is 0 Å². The van der Waals surface area contributed by atoms with Gasteiger partial charge in [-0.2, -0.15) is 0 Å². The number of hydrogen-bond acceptors (Lipinski definition) is 5. The van der Waals surface area contributed by atoms with Gasteiger partial charge in [-0.25, -0.2) is 0 Å². The maximum absolute atomic E-state index is 8.52. The molecule has 0 aliphatic carbocycles. The van der Waals surface area contributed by atoms with E-state index in [1.54, 1.807) is 0 Å². The van der Waals surface area contributed by atoms with Gasteiger partial charge < -0.3 is 30.0 Å². The minimum absolute atomic E-state index is 0. The van der Waals surface area contributed by atoms with Crippen LogP contribution in [0.5, 0.6) is 0 Å². The van der Waals surface area contributed by atoms with Gasteiger partial charge in [0.25, 0.3) is 0 Å². The van der Waals surface area contributed by atoms with E-state index in [1.807, 2.05) is 24.3 Å². The van der Waals surface area contributed by atoms with Crippen molar-refractivity contribution in [1.82, 2.24) is 9.97 Å². The number of imidazole rings is 1. The molecule has 0 bridgehead atoms. The van der Waals surface area contributed by atoms with Crippen LogP contribution in [0, 0.1) is 4.77 Å². The van der Waals surface area contributed by atoms with Gasteiger partial charge in [-0.15, -0.1) is 0 Å². The Labute approximate surface area is 138 Å². The molecule has 2 rings (SSSR count). The van der Waals surface area contributed by atoms with Crippen LogP contribution in [0.3, 0.4) is 0 Å². The van der Waals surface area contributed by atoms with Crippen molar-refractivity contribution >= 4 is 71.4 Å². The number of aromatic amines is 2. The Morgan fingerprint density at radius 3 is 1.56 bits per heavy atom. The van der Waals surface area contributed by atoms with Gasteiger partial charge in [0, 0.05) is 10.4 Å². The second kappa shape index (κ2) is 9.83. The summed E-state index contributed by atoms with van der Waals surface area (Å²) >= 11 is 4.90. The van der Waals surface area contributed by atoms with Gasteiger partial charge in [-0.1, -0.05) is 12.1 Å². The molecule has 0 radical (unpaired) electrons. The van der Waals surface area contributed by atoms with E-state index in [-0.39, 0.29) is 48.7 Å². The second-order valence-corrected chi connectivity index (χ2v) is 3.76. The molecule has 0 saturated carbocycles. The van der Waals surface area contributed by atoms with Crippen molar-refractivity contribution in [2.45, 2.75) is 0 Å². The molecule has 0 atom stereocenters. The number of para-hydroxylation sites is 2. The third-order valence-electron chi connectivity index (χ3n) is 1.42. The molecule has 1 aromatic heterocycles. The molecule has 8 nitrogen and oxygen atoms in total. The van der Waals surface area contributed by atoms with Crippen LogP contribution in [-0.2, 0) is 10.4 Å². The molecule has 0 aliphatic heterocycles. The number of aromatic nitrogens is 2. The summed E-state index contributed by atoms with van der Waals surface area (Å²) in [6.45, 7) is 0. The molecule has 0 spiro atoms. The largest absolute Gasteiger partial charge is 2.00 e. The molecule has 98 valence electrons. The predicted octanol–water partition coefficient (Wildman–Crippen LogP) is -1.14. The summed E-state index contributed by atoms with van der Waals surface area (Å²) in [5, 5.41) is 0. The van der Waals surface area contributed by atoms with E-state index in [0.717, 1.165) is 11.0 Å². The Balaban J connectivity index is -0.000000252. The smallest absolute Gasteiger partial charge is 0.759 e. The fourth-order valence-corrected chi connectivity index (χ4v) is 1.20. The Morgan fingerprint density at radius 1 is 1.00 bits per heavy atom. The molecule has 18 heavy (non-hydrogen) atoms. The zero-order valence-electron chi connectivity index (χ0n) is 8.97. The van der Waals surface area contributed by atoms with Gasteiger partial charge in [0.15, 0.2) is 4.77 Å². The molecule has 1 aromatic carbocycles. The summed E-state index contributed by atoms with van der Waals surface area (Å²) in [7, 11) is -5.17. The summed E-state index contributed by atoms with van der Waals surface area (Å²) in [6, 6.07) is 7.92. The van der Waals surface area contributed by atoms with E-state index in [4.69, 9.17) is 29.7 Å². The van der Waals surface area contributed by atoms with Crippen molar-refractivity contribution < 1.29 is 28.5 Å². The number of H-pyrrole nitrogens is 2. The van der Waals surface area contributed by atoms with Gasteiger partial charge in [-0.3, -0.25) is 8.42 Å². The van der Waals surface area contributed by atoms with Crippen molar-refractivity contribution in [2.24, 2.45) is 0 Å². The van der Waals surface area contributed by atoms with E-state index in [0.29, 0.717) is 4.77 Å². The Hall–Kier alpha value is -0.0403. The van der Waals surface area contributed by atoms with Crippen LogP contribution in [0.1, 0.15) is 0 Å². The van der Waals surface area contributed by atoms with E-state index in [2.05, 4.69) is 9.97 Å². The van der Waals surface area contributed by atoms with Crippen LogP contribution in [0.2, 0.25) is 0 Å². The molecule has 1 heterocycles. The van der Waals surface area contributed by atoms with E-state index in [1.165, 1.54) is 0 Å². The number of fused-ring (bicyclic) bond motifs is 1. The van der Waals surface area contributed by atoms with Gasteiger partial charge in [0.05, 0.1) is 11.0 Å². The first-order valence-corrected chi connectivity index (χ1v) is 5.44. The molecule has 0 saturated heterocycles. The molecule has 0 aliphatic rings. The number of rotatable bonds is 0. The topological polar surface area (TPSA) is 175 Å². The fraction of sp³-hybridized carbons (Fsp3) is 0. The molecule has 6 N–H and O–H groups in total. The van der Waals surface area contributed by atoms with Crippen LogP contribution in [0.25, 0.3) is 11.0 Å². The molecular weight excluding hydrogens is 312 g/mol. The third-order valence-corrected chi connectivity index (χ3v) is 1.63. The normalized spacial score (nSPS) is 9.00. The first-order chi connectivity index (χ1) is 6.86. The number of nitrogens with one attached hydrogen (secondary N) is 2. The average Bonchev–Trinajstić information content (AvgIpc) is 2.40. The van der Waals surface area contributed by atoms with Crippen LogP contribution < -0.4 is 0 Å². The summed E-state index contributed by atoms with van der Waals surface area (Å²) in [5.74, 6) is 0. The minimum atomic E-state index is -5.17. The van der Waals surface area contributed by atoms with Crippen LogP contribution >= 0.6 is 12.2 Å². The van der Waals surface area contributed by atoms with Gasteiger partial charge in [-0.05, 0) is 24.4 Å². The quantitative estimate of drug-likeness (QED) is 0.269. The second-order valence-electron chi connectivity index (χ2n) is 2.53. The van der Waals surface area contributed by atoms with Gasteiger partial charge in [0.2, 0.25) is 0 Å². The van der Waals surface area contributed by atoms with Crippen molar-refractivity contribution in [3.8, 4) is 0 Å². The van der Waals surface area contributed by atoms with Gasteiger partial charge >= 0.3 is 37.7 Å². The van der Waals surface area contributed by atoms with E-state index in [9.17, 15) is 0 Å². The van der Waals surface area contributed by atoms with Crippen molar-refractivity contribution in [3.63, 3.8) is 0 Å². The summed E-state index contributed by atoms with van der Waals surface area (Å²) in [5.41, 5.74) is 2.13. The molecule has 2 aromatic rings. The number of hydrogen-bond donors (Lipinski definition) is 2. The van der Waals surface area contributed by atoms with Crippen molar-refractivity contribution in [1.29, 1.82) is 0 Å². The summed E-state index contributed by atoms with van der Waals surface area (Å²) in [6.07, 6.45) is 0. The van der Waals surface area contributed by atoms with E-state index < -0.39 is 10.4 Å². The van der Waals surface area contributed by atoms with Crippen molar-refractivity contribution in [3.05, 3.63) is 29.0 Å². The maximum Gasteiger partial charge on any atom is 2.00 e. The Bertz CT molecular complexity index is 563. The van der Waals surface area contributed by atoms with Crippen LogP contribution in [0.4, 0.5) is 0 Å². The Kier molecular flexibility index (Phi) is 12.6. The number of benzene rings is 1. The minimum Gasteiger partial charge on any atom is -0.759 e. The zero-order chi connectivity index (χ0) is 11.5. The van der Waals surface area contributed by atoms with Crippen molar-refractivity contribution in [2.75, 3.05) is 0 Å². The van der Waals surface area contributed by atoms with Crippen LogP contribution in [0.15, 0.2) is 24.3 Å². The summed E-state index contributed by atoms with van der Waals surface area (Å²) < 4.78 is 34.8. The maximum atomic E-state index is 8.52.